The van der Waals surface area contributed by atoms with Gasteiger partial charge in [-0.05, 0) is 18.2 Å². The number of nitrogens with one attached hydrogen (secondary N) is 1. The Morgan fingerprint density at radius 2 is 2.55 bits per heavy atom. The van der Waals surface area contributed by atoms with Crippen LogP contribution in [0.15, 0.2) is 24.3 Å². The molecule has 0 unspecified atom stereocenters. The number of carbonyl (C=O) groups is 1. The first-order valence-corrected chi connectivity index (χ1v) is 3.34. The first-order chi connectivity index (χ1) is 6.38. The molecule has 11 heavy (non-hydrogen) atoms. The standard InChI is InChI=1S/C8H8ClNO/c1-10-8(11)6-3-2-4-7(9)5-6/h2-5H,1H3,(H,10,11)/i1D3. The van der Waals surface area contributed by atoms with E-state index in [1.165, 1.54) is 12.1 Å². The first-order valence-electron chi connectivity index (χ1n) is 4.46. The summed E-state index contributed by atoms with van der Waals surface area (Å²) in [6.07, 6.45) is 0. The number of rotatable bonds is 1. The minimum atomic E-state index is -2.47. The van der Waals surface area contributed by atoms with Crippen LogP contribution in [0.4, 0.5) is 0 Å². The molecule has 1 N–H and O–H groups in total. The molecule has 0 aliphatic heterocycles. The van der Waals surface area contributed by atoms with E-state index in [4.69, 9.17) is 15.7 Å². The highest BCUT2D eigenvalue weighted by Gasteiger charge is 2.01. The van der Waals surface area contributed by atoms with Crippen molar-refractivity contribution >= 4 is 17.5 Å². The number of benzene rings is 1. The summed E-state index contributed by atoms with van der Waals surface area (Å²) in [4.78, 5) is 11.3. The van der Waals surface area contributed by atoms with Crippen LogP contribution in [0, 0.1) is 0 Å². The predicted molar refractivity (Wildman–Crippen MR) is 44.8 cm³/mol. The highest BCUT2D eigenvalue weighted by atomic mass is 35.5. The van der Waals surface area contributed by atoms with Gasteiger partial charge in [-0.15, -0.1) is 0 Å². The third-order valence-electron chi connectivity index (χ3n) is 1.20. The van der Waals surface area contributed by atoms with Crippen molar-refractivity contribution in [2.75, 3.05) is 6.98 Å². The van der Waals surface area contributed by atoms with Gasteiger partial charge in [-0.25, -0.2) is 0 Å². The van der Waals surface area contributed by atoms with Gasteiger partial charge < -0.3 is 5.32 Å². The van der Waals surface area contributed by atoms with Crippen LogP contribution in [-0.2, 0) is 0 Å². The lowest BCUT2D eigenvalue weighted by Crippen LogP contribution is -2.17. The Morgan fingerprint density at radius 3 is 3.18 bits per heavy atom. The van der Waals surface area contributed by atoms with Crippen LogP contribution in [0.1, 0.15) is 14.5 Å². The number of hydrogen-bond donors (Lipinski definition) is 1. The van der Waals surface area contributed by atoms with Crippen LogP contribution in [0.2, 0.25) is 5.02 Å². The Morgan fingerprint density at radius 1 is 1.73 bits per heavy atom. The lowest BCUT2D eigenvalue weighted by Gasteiger charge is -1.98. The molecule has 0 saturated carbocycles. The molecule has 58 valence electrons. The molecule has 0 aromatic heterocycles. The smallest absolute Gasteiger partial charge is 0.251 e. The van der Waals surface area contributed by atoms with Crippen molar-refractivity contribution in [2.45, 2.75) is 0 Å². The Labute approximate surface area is 74.4 Å². The van der Waals surface area contributed by atoms with E-state index in [-0.39, 0.29) is 5.56 Å². The van der Waals surface area contributed by atoms with Crippen molar-refractivity contribution in [2.24, 2.45) is 0 Å². The molecule has 0 aliphatic rings. The van der Waals surface area contributed by atoms with E-state index in [1.54, 1.807) is 12.1 Å². The molecule has 0 atom stereocenters. The second-order valence-corrected chi connectivity index (χ2v) is 2.40. The number of halogens is 1. The zero-order chi connectivity index (χ0) is 10.8. The molecular weight excluding hydrogens is 162 g/mol. The van der Waals surface area contributed by atoms with Crippen LogP contribution in [-0.4, -0.2) is 12.9 Å². The molecule has 1 rings (SSSR count). The Hall–Kier alpha value is -1.02. The summed E-state index contributed by atoms with van der Waals surface area (Å²) in [6, 6.07) is 6.08. The van der Waals surface area contributed by atoms with Gasteiger partial charge in [0.15, 0.2) is 0 Å². The number of carbonyl (C=O) groups excluding carboxylic acids is 1. The summed E-state index contributed by atoms with van der Waals surface area (Å²) in [6.45, 7) is -2.47. The van der Waals surface area contributed by atoms with E-state index in [1.807, 2.05) is 5.32 Å². The molecule has 2 nitrogen and oxygen atoms in total. The van der Waals surface area contributed by atoms with Gasteiger partial charge in [-0.3, -0.25) is 4.79 Å². The van der Waals surface area contributed by atoms with Gasteiger partial charge in [0.05, 0.1) is 0 Å². The molecule has 0 aliphatic carbocycles. The van der Waals surface area contributed by atoms with Crippen LogP contribution >= 0.6 is 11.6 Å². The van der Waals surface area contributed by atoms with Gasteiger partial charge in [0.25, 0.3) is 5.91 Å². The molecule has 3 heteroatoms. The second-order valence-electron chi connectivity index (χ2n) is 1.96. The van der Waals surface area contributed by atoms with Gasteiger partial charge >= 0.3 is 0 Å². The second kappa shape index (κ2) is 3.39. The molecule has 0 fully saturated rings. The average molecular weight is 173 g/mol. The zero-order valence-corrected chi connectivity index (χ0v) is 6.35. The van der Waals surface area contributed by atoms with E-state index in [9.17, 15) is 4.79 Å². The fourth-order valence-corrected chi connectivity index (χ4v) is 0.892. The average Bonchev–Trinajstić information content (AvgIpc) is 2.01. The summed E-state index contributed by atoms with van der Waals surface area (Å²) >= 11 is 5.64. The molecule has 1 aromatic rings. The zero-order valence-electron chi connectivity index (χ0n) is 8.60. The van der Waals surface area contributed by atoms with E-state index in [2.05, 4.69) is 0 Å². The lowest BCUT2D eigenvalue weighted by molar-refractivity contribution is 0.0963. The van der Waals surface area contributed by atoms with E-state index >= 15 is 0 Å². The lowest BCUT2D eigenvalue weighted by atomic mass is 10.2. The van der Waals surface area contributed by atoms with Crippen LogP contribution < -0.4 is 5.32 Å². The molecule has 1 aromatic carbocycles. The SMILES string of the molecule is [2H]C([2H])([2H])NC(=O)c1cccc(Cl)c1. The largest absolute Gasteiger partial charge is 0.355 e. The van der Waals surface area contributed by atoms with E-state index in [0.29, 0.717) is 5.02 Å². The predicted octanol–water partition coefficient (Wildman–Crippen LogP) is 1.70. The highest BCUT2D eigenvalue weighted by molar-refractivity contribution is 6.30. The van der Waals surface area contributed by atoms with Crippen molar-refractivity contribution in [3.8, 4) is 0 Å². The monoisotopic (exact) mass is 172 g/mol. The highest BCUT2D eigenvalue weighted by Crippen LogP contribution is 2.09. The van der Waals surface area contributed by atoms with Gasteiger partial charge in [0.2, 0.25) is 0 Å². The minimum Gasteiger partial charge on any atom is -0.355 e. The Kier molecular flexibility index (Phi) is 1.47. The maximum atomic E-state index is 11.3. The van der Waals surface area contributed by atoms with Crippen molar-refractivity contribution in [1.29, 1.82) is 0 Å². The van der Waals surface area contributed by atoms with Crippen LogP contribution in [0.5, 0.6) is 0 Å². The van der Waals surface area contributed by atoms with Gasteiger partial charge in [0.1, 0.15) is 0 Å². The van der Waals surface area contributed by atoms with E-state index < -0.39 is 12.9 Å². The maximum Gasteiger partial charge on any atom is 0.251 e. The third kappa shape index (κ3) is 1.95. The van der Waals surface area contributed by atoms with E-state index in [0.717, 1.165) is 0 Å². The minimum absolute atomic E-state index is 0.230. The molecule has 0 radical (unpaired) electrons. The molecule has 0 spiro atoms. The molecule has 0 heterocycles. The van der Waals surface area contributed by atoms with Gasteiger partial charge in [0, 0.05) is 21.7 Å². The topological polar surface area (TPSA) is 29.1 Å². The maximum absolute atomic E-state index is 11.3. The fraction of sp³-hybridized carbons (Fsp3) is 0.125. The fourth-order valence-electron chi connectivity index (χ4n) is 0.702. The third-order valence-corrected chi connectivity index (χ3v) is 1.44. The van der Waals surface area contributed by atoms with Crippen LogP contribution in [0.3, 0.4) is 0 Å². The summed E-state index contributed by atoms with van der Waals surface area (Å²) in [5, 5.41) is 2.26. The summed E-state index contributed by atoms with van der Waals surface area (Å²) in [7, 11) is 0. The van der Waals surface area contributed by atoms with Crippen molar-refractivity contribution in [1.82, 2.24) is 5.32 Å². The molecule has 0 bridgehead atoms. The normalized spacial score (nSPS) is 14.5. The van der Waals surface area contributed by atoms with Crippen LogP contribution in [0.25, 0.3) is 0 Å². The summed E-state index contributed by atoms with van der Waals surface area (Å²) in [5.41, 5.74) is 0.230. The number of amides is 1. The Bertz CT molecular complexity index is 351. The van der Waals surface area contributed by atoms with Crippen molar-refractivity contribution < 1.29 is 8.91 Å². The molecular formula is C8H8ClNO. The molecule has 1 amide bonds. The first kappa shape index (κ1) is 4.78. The Balaban J connectivity index is 2.80. The van der Waals surface area contributed by atoms with Crippen molar-refractivity contribution in [3.63, 3.8) is 0 Å². The van der Waals surface area contributed by atoms with Gasteiger partial charge in [-0.2, -0.15) is 0 Å². The number of hydrogen-bond acceptors (Lipinski definition) is 1. The van der Waals surface area contributed by atoms with Gasteiger partial charge in [-0.1, -0.05) is 17.7 Å². The summed E-state index contributed by atoms with van der Waals surface area (Å²) in [5.74, 6) is -0.660. The summed E-state index contributed by atoms with van der Waals surface area (Å²) < 4.78 is 20.5. The van der Waals surface area contributed by atoms with Crippen molar-refractivity contribution in [3.05, 3.63) is 34.9 Å². The molecule has 0 saturated heterocycles. The quantitative estimate of drug-likeness (QED) is 0.687.